The molecule has 0 N–H and O–H groups in total. The Morgan fingerprint density at radius 3 is 1.74 bits per heavy atom. The maximum Gasteiger partial charge on any atom is -0.147 e. The van der Waals surface area contributed by atoms with Crippen molar-refractivity contribution in [3.63, 3.8) is 0 Å². The second kappa shape index (κ2) is 1.66. The van der Waals surface area contributed by atoms with Gasteiger partial charge in [-0.25, -0.2) is 0 Å². The summed E-state index contributed by atoms with van der Waals surface area (Å²) in [5, 5.41) is 0. The summed E-state index contributed by atoms with van der Waals surface area (Å²) in [5.74, 6) is -0.182. The fourth-order valence-corrected chi connectivity index (χ4v) is 150. The van der Waals surface area contributed by atoms with Gasteiger partial charge in [0.25, 0.3) is 0 Å². The third-order valence-electron chi connectivity index (χ3n) is 22.7. The van der Waals surface area contributed by atoms with Crippen LogP contribution in [0.25, 0.3) is 0 Å². The predicted octanol–water partition coefficient (Wildman–Crippen LogP) is 6.79. The zero-order valence-corrected chi connectivity index (χ0v) is 19.0. The van der Waals surface area contributed by atoms with Gasteiger partial charge in [0, 0.05) is 0 Å². The summed E-state index contributed by atoms with van der Waals surface area (Å²) < 4.78 is 19.3. The number of ether oxygens (including phenoxy) is 1. The van der Waals surface area contributed by atoms with Crippen LogP contribution in [0, 0.1) is 0 Å². The Kier molecular flexibility index (Phi) is 0.913. The third-order valence-corrected chi connectivity index (χ3v) is 83.5. The number of fused-ring (bicyclic) bond motifs is 10. The molecule has 10 saturated heterocycles. The molecule has 4 atom stereocenters. The number of hydrogen-bond donors (Lipinski definition) is 0. The van der Waals surface area contributed by atoms with Gasteiger partial charge in [-0.15, -0.1) is 24.8 Å². The van der Waals surface area contributed by atoms with E-state index in [9.17, 15) is 4.79 Å². The first kappa shape index (κ1) is 14.9. The van der Waals surface area contributed by atoms with E-state index in [4.69, 9.17) is 4.74 Å². The molecule has 2 nitrogen and oxygen atoms in total. The Balaban J connectivity index is 0.000000612. The Bertz CT molecular complexity index is 1300. The quantitative estimate of drug-likeness (QED) is 0.382. The normalized spacial score (nSPS) is 78.9. The minimum atomic E-state index is -3.33. The SMILES string of the molecule is CC(C)(C)OC(=O)c1ccc(C[C]23[CH]4[CH]5[CH]6[CH]2[Ti]56432789[CH]3[CH]2[CH]7[CH]8[CH]39)cc1.Cl.Cl. The maximum atomic E-state index is 12.3. The van der Waals surface area contributed by atoms with Crippen molar-refractivity contribution in [2.45, 2.75) is 74.5 Å². The molecule has 5 heteroatoms. The van der Waals surface area contributed by atoms with Crippen molar-refractivity contribution in [2.75, 3.05) is 0 Å². The summed E-state index contributed by atoms with van der Waals surface area (Å²) in [6.45, 7) is 5.80. The summed E-state index contributed by atoms with van der Waals surface area (Å²) in [6, 6.07) is 8.57. The molecule has 0 aliphatic carbocycles. The Morgan fingerprint density at radius 1 is 0.926 bits per heavy atom. The number of carbonyl (C=O) groups excluding carboxylic acids is 1. The molecular weight excluding hydrogens is 415 g/mol. The zero-order valence-electron chi connectivity index (χ0n) is 15.8. The molecule has 4 unspecified atom stereocenters. The smallest absolute Gasteiger partial charge is 0.147 e. The summed E-state index contributed by atoms with van der Waals surface area (Å²) in [7, 11) is -3.33. The van der Waals surface area contributed by atoms with E-state index in [0.29, 0.717) is 5.56 Å². The predicted molar refractivity (Wildman–Crippen MR) is 106 cm³/mol. The third kappa shape index (κ3) is 0.266. The van der Waals surface area contributed by atoms with Crippen molar-refractivity contribution in [3.05, 3.63) is 35.4 Å². The van der Waals surface area contributed by atoms with Crippen LogP contribution < -0.4 is 0 Å². The van der Waals surface area contributed by atoms with Gasteiger partial charge < -0.3 is 0 Å². The van der Waals surface area contributed by atoms with E-state index in [0.717, 1.165) is 3.72 Å². The van der Waals surface area contributed by atoms with Crippen molar-refractivity contribution in [1.82, 2.24) is 0 Å². The molecule has 144 valence electrons. The van der Waals surface area contributed by atoms with E-state index in [1.807, 2.05) is 32.9 Å². The molecule has 0 aromatic heterocycles. The fraction of sp³-hybridized carbons (Fsp3) is 0.682. The summed E-state index contributed by atoms with van der Waals surface area (Å²) in [6.07, 6.45) is 1.42. The van der Waals surface area contributed by atoms with Crippen molar-refractivity contribution in [3.8, 4) is 0 Å². The second-order valence-corrected chi connectivity index (χ2v) is 50.8. The average molecular weight is 441 g/mol. The molecule has 11 rings (SSSR count). The van der Waals surface area contributed by atoms with Gasteiger partial charge in [0.1, 0.15) is 0 Å². The molecule has 1 aromatic carbocycles. The van der Waals surface area contributed by atoms with Crippen LogP contribution in [0.2, 0.25) is 41.7 Å². The minimum Gasteiger partial charge on any atom is -0.147 e. The van der Waals surface area contributed by atoms with Crippen LogP contribution in [-0.2, 0) is 20.1 Å². The number of hydrogen-bond acceptors (Lipinski definition) is 2. The van der Waals surface area contributed by atoms with Crippen LogP contribution in [0.4, 0.5) is 0 Å². The average Bonchev–Trinajstić information content (AvgIpc) is 3.48. The largest absolute Gasteiger partial charge is 0.147 e. The Labute approximate surface area is 158 Å². The van der Waals surface area contributed by atoms with Gasteiger partial charge in [-0.05, 0) is 0 Å². The van der Waals surface area contributed by atoms with Crippen molar-refractivity contribution in [2.24, 2.45) is 0 Å². The topological polar surface area (TPSA) is 26.3 Å². The number of esters is 1. The molecule has 10 fully saturated rings. The Morgan fingerprint density at radius 2 is 1.41 bits per heavy atom. The number of halogens is 2. The first-order valence-electron chi connectivity index (χ1n) is 11.0. The van der Waals surface area contributed by atoms with E-state index in [1.54, 1.807) is 0 Å². The van der Waals surface area contributed by atoms with Crippen LogP contribution in [0.3, 0.4) is 0 Å². The first-order chi connectivity index (χ1) is 11.6. The van der Waals surface area contributed by atoms with E-state index < -0.39 is 14.5 Å². The molecule has 1 aromatic rings. The molecular formula is C22H26Cl2O2Ti. The minimum absolute atomic E-state index is 0. The standard InChI is InChI=1S/C17H19O2.C5H5.2ClH.Ti/c1-17(2,3)19-16(18)15-10-8-14(9-11-15)12-13-6-4-5-7-13;1-2-4-5-3-1;;;/h4-11H,12H2,1-3H3;1-5H;2*1H;. The van der Waals surface area contributed by atoms with Crippen LogP contribution in [0.5, 0.6) is 0 Å². The van der Waals surface area contributed by atoms with Crippen molar-refractivity contribution in [1.29, 1.82) is 0 Å². The van der Waals surface area contributed by atoms with Gasteiger partial charge in [-0.3, -0.25) is 0 Å². The summed E-state index contributed by atoms with van der Waals surface area (Å²) >= 11 is 0. The fourth-order valence-electron chi connectivity index (χ4n) is 26.4. The molecule has 10 heterocycles. The van der Waals surface area contributed by atoms with E-state index in [-0.39, 0.29) is 30.8 Å². The van der Waals surface area contributed by atoms with Crippen molar-refractivity contribution >= 4 is 30.8 Å². The van der Waals surface area contributed by atoms with Crippen LogP contribution in [-0.4, -0.2) is 11.6 Å². The molecule has 1 spiro atoms. The van der Waals surface area contributed by atoms with E-state index in [2.05, 4.69) is 12.1 Å². The van der Waals surface area contributed by atoms with Gasteiger partial charge in [0.2, 0.25) is 0 Å². The molecule has 0 saturated carbocycles. The molecule has 0 amide bonds. The number of carbonyl (C=O) groups is 1. The maximum absolute atomic E-state index is 12.3. The summed E-state index contributed by atoms with van der Waals surface area (Å²) in [4.78, 5) is 12.3. The van der Waals surface area contributed by atoms with Crippen LogP contribution in [0.1, 0.15) is 36.7 Å². The molecule has 10 aliphatic heterocycles. The monoisotopic (exact) mass is 440 g/mol. The molecule has 0 bridgehead atoms. The van der Waals surface area contributed by atoms with Gasteiger partial charge >= 0.3 is 134 Å². The number of rotatable bonds is 3. The second-order valence-electron chi connectivity index (χ2n) is 17.4. The number of benzene rings is 1. The van der Waals surface area contributed by atoms with Gasteiger partial charge in [0.05, 0.1) is 0 Å². The zero-order chi connectivity index (χ0) is 16.5. The first-order valence-corrected chi connectivity index (χ1v) is 19.9. The van der Waals surface area contributed by atoms with Gasteiger partial charge in [0.15, 0.2) is 0 Å². The van der Waals surface area contributed by atoms with E-state index >= 15 is 0 Å². The molecule has 0 radical (unpaired) electrons. The van der Waals surface area contributed by atoms with Crippen LogP contribution in [0.15, 0.2) is 24.3 Å². The molecule has 27 heavy (non-hydrogen) atoms. The Hall–Kier alpha value is -0.0157. The molecule has 10 aliphatic rings. The van der Waals surface area contributed by atoms with Crippen molar-refractivity contribution < 1.29 is 18.4 Å². The summed E-state index contributed by atoms with van der Waals surface area (Å²) in [5.41, 5.74) is 1.83. The van der Waals surface area contributed by atoms with Gasteiger partial charge in [-0.1, -0.05) is 0 Å². The van der Waals surface area contributed by atoms with Gasteiger partial charge in [-0.2, -0.15) is 0 Å². The van der Waals surface area contributed by atoms with E-state index in [1.165, 1.54) is 50.0 Å². The van der Waals surface area contributed by atoms with Crippen LogP contribution >= 0.6 is 24.8 Å².